The highest BCUT2D eigenvalue weighted by Gasteiger charge is 2.22. The van der Waals surface area contributed by atoms with Gasteiger partial charge in [0, 0.05) is 75.5 Å². The molecule has 5 aromatic carbocycles. The molecule has 0 saturated carbocycles. The van der Waals surface area contributed by atoms with Gasteiger partial charge < -0.3 is 58.1 Å². The maximum atomic E-state index is 10.9. The van der Waals surface area contributed by atoms with Crippen LogP contribution in [0.4, 0.5) is 0 Å². The molecule has 0 amide bonds. The first-order valence-corrected chi connectivity index (χ1v) is 22.4. The largest absolute Gasteiger partial charge is 0.508 e. The van der Waals surface area contributed by atoms with Gasteiger partial charge in [-0.3, -0.25) is 0 Å². The number of aliphatic hydroxyl groups is 1. The molecule has 0 bridgehead atoms. The highest BCUT2D eigenvalue weighted by molar-refractivity contribution is 5.28. The fourth-order valence-corrected chi connectivity index (χ4v) is 7.87. The van der Waals surface area contributed by atoms with Crippen LogP contribution in [-0.4, -0.2) is 109 Å². The van der Waals surface area contributed by atoms with Gasteiger partial charge in [0.2, 0.25) is 0 Å². The molecule has 11 nitrogen and oxygen atoms in total. The molecule has 62 heavy (non-hydrogen) atoms. The number of phenolic OH excluding ortho intramolecular Hbond substituents is 3. The lowest BCUT2D eigenvalue weighted by Gasteiger charge is -2.30. The van der Waals surface area contributed by atoms with E-state index in [-0.39, 0.29) is 53.5 Å². The molecule has 12 N–H and O–H groups in total. The van der Waals surface area contributed by atoms with Gasteiger partial charge in [0.25, 0.3) is 0 Å². The quantitative estimate of drug-likeness (QED) is 0.0329. The first-order chi connectivity index (χ1) is 30.1. The van der Waals surface area contributed by atoms with Crippen LogP contribution in [0.1, 0.15) is 41.7 Å². The molecule has 7 atom stereocenters. The van der Waals surface area contributed by atoms with E-state index in [0.29, 0.717) is 19.6 Å². The Balaban J connectivity index is 1.27. The smallest absolute Gasteiger partial charge is 0.115 e. The van der Waals surface area contributed by atoms with Gasteiger partial charge in [-0.25, -0.2) is 0 Å². The minimum absolute atomic E-state index is 0.0195. The van der Waals surface area contributed by atoms with Gasteiger partial charge >= 0.3 is 0 Å². The van der Waals surface area contributed by atoms with Gasteiger partial charge in [0.05, 0.1) is 6.10 Å². The van der Waals surface area contributed by atoms with Crippen molar-refractivity contribution in [3.8, 4) is 17.2 Å². The third-order valence-corrected chi connectivity index (χ3v) is 11.5. The number of aromatic hydroxyl groups is 3. The Hall–Kier alpha value is -4.82. The van der Waals surface area contributed by atoms with E-state index in [1.807, 2.05) is 49.4 Å². The summed E-state index contributed by atoms with van der Waals surface area (Å²) in [7, 11) is 0. The van der Waals surface area contributed by atoms with Crippen LogP contribution in [0.15, 0.2) is 133 Å². The molecular weight excluding hydrogens is 775 g/mol. The van der Waals surface area contributed by atoms with Crippen LogP contribution in [0, 0.1) is 0 Å². The molecule has 0 fully saturated rings. The summed E-state index contributed by atoms with van der Waals surface area (Å²) in [6.07, 6.45) is 3.40. The van der Waals surface area contributed by atoms with Crippen molar-refractivity contribution in [2.45, 2.75) is 88.3 Å². The van der Waals surface area contributed by atoms with E-state index in [4.69, 9.17) is 5.73 Å². The Bertz CT molecular complexity index is 1920. The first kappa shape index (κ1) is 48.2. The first-order valence-electron chi connectivity index (χ1n) is 22.4. The maximum Gasteiger partial charge on any atom is 0.115 e. The number of aliphatic hydroxyl groups excluding tert-OH is 1. The van der Waals surface area contributed by atoms with Gasteiger partial charge in [-0.15, -0.1) is 0 Å². The molecule has 0 unspecified atom stereocenters. The van der Waals surface area contributed by atoms with Crippen molar-refractivity contribution in [1.82, 2.24) is 31.9 Å². The summed E-state index contributed by atoms with van der Waals surface area (Å²) in [4.78, 5) is 0. The molecular formula is C51H71N7O4. The zero-order valence-electron chi connectivity index (χ0n) is 36.6. The van der Waals surface area contributed by atoms with Crippen LogP contribution in [-0.2, 0) is 32.1 Å². The van der Waals surface area contributed by atoms with E-state index in [1.54, 1.807) is 36.4 Å². The number of benzene rings is 5. The van der Waals surface area contributed by atoms with Gasteiger partial charge in [0.1, 0.15) is 17.2 Å². The number of hydrogen-bond donors (Lipinski definition) is 11. The summed E-state index contributed by atoms with van der Waals surface area (Å²) in [5.74, 6) is 0.766. The molecule has 334 valence electrons. The van der Waals surface area contributed by atoms with Gasteiger partial charge in [-0.1, -0.05) is 104 Å². The van der Waals surface area contributed by atoms with Crippen molar-refractivity contribution >= 4 is 0 Å². The molecule has 5 aromatic rings. The Morgan fingerprint density at radius 3 is 1.05 bits per heavy atom. The molecule has 0 aromatic heterocycles. The Kier molecular flexibility index (Phi) is 20.7. The van der Waals surface area contributed by atoms with Crippen molar-refractivity contribution in [3.05, 3.63) is 161 Å². The van der Waals surface area contributed by atoms with E-state index in [0.717, 1.165) is 69.4 Å². The maximum absolute atomic E-state index is 10.9. The second kappa shape index (κ2) is 26.6. The van der Waals surface area contributed by atoms with Gasteiger partial charge in [-0.05, 0) is 110 Å². The molecule has 11 heteroatoms. The second-order valence-electron chi connectivity index (χ2n) is 16.7. The van der Waals surface area contributed by atoms with Crippen molar-refractivity contribution < 1.29 is 20.4 Å². The molecule has 0 aliphatic rings. The molecule has 0 heterocycles. The summed E-state index contributed by atoms with van der Waals surface area (Å²) < 4.78 is 0. The monoisotopic (exact) mass is 846 g/mol. The van der Waals surface area contributed by atoms with Crippen LogP contribution in [0.3, 0.4) is 0 Å². The van der Waals surface area contributed by atoms with Crippen LogP contribution < -0.4 is 37.6 Å². The van der Waals surface area contributed by atoms with E-state index in [2.05, 4.69) is 93.4 Å². The lowest BCUT2D eigenvalue weighted by atomic mass is 10.0. The molecule has 0 aliphatic carbocycles. The Morgan fingerprint density at radius 2 is 0.710 bits per heavy atom. The van der Waals surface area contributed by atoms with Gasteiger partial charge in [-0.2, -0.15) is 0 Å². The third-order valence-electron chi connectivity index (χ3n) is 11.5. The average molecular weight is 846 g/mol. The fraction of sp³-hybridized carbons (Fsp3) is 0.412. The summed E-state index contributed by atoms with van der Waals surface area (Å²) in [6.45, 7) is 8.64. The Morgan fingerprint density at radius 1 is 0.403 bits per heavy atom. The van der Waals surface area contributed by atoms with E-state index < -0.39 is 6.10 Å². The molecule has 0 saturated heterocycles. The van der Waals surface area contributed by atoms with E-state index >= 15 is 0 Å². The molecule has 5 rings (SSSR count). The van der Waals surface area contributed by atoms with E-state index in [9.17, 15) is 20.4 Å². The standard InChI is InChI=1S/C51H71N7O4/c1-3-53-44(29-41-16-22-49(61)23-17-41)32-54-46(30-42-18-24-50(62)25-19-42)34-55-45(27-38-10-6-4-7-11-38)33-56-47(28-39-12-8-5-9-13-39)35-58-51(37(2)59)36-57-43(31-52)26-40-14-20-48(60)21-15-40/h4-25,37,43-47,51,53-62H,3,26-36,52H2,1-2H3/t37-,43+,44+,45+,46+,47+,51+/m1/s1. The number of phenols is 3. The van der Waals surface area contributed by atoms with Crippen molar-refractivity contribution in [3.63, 3.8) is 0 Å². The summed E-state index contributed by atoms with van der Waals surface area (Å²) in [5.41, 5.74) is 12.1. The number of likely N-dealkylation sites (N-methyl/N-ethyl adjacent to an activating group) is 1. The highest BCUT2D eigenvalue weighted by atomic mass is 16.3. The molecule has 0 aliphatic heterocycles. The summed E-state index contributed by atoms with van der Waals surface area (Å²) in [6, 6.07) is 43.6. The number of hydrogen-bond acceptors (Lipinski definition) is 11. The normalized spacial score (nSPS) is 15.0. The van der Waals surface area contributed by atoms with Crippen molar-refractivity contribution in [2.24, 2.45) is 5.73 Å². The molecule has 0 spiro atoms. The minimum atomic E-state index is -0.592. The molecule has 0 radical (unpaired) electrons. The number of nitrogens with one attached hydrogen (secondary N) is 6. The highest BCUT2D eigenvalue weighted by Crippen LogP contribution is 2.15. The van der Waals surface area contributed by atoms with Crippen molar-refractivity contribution in [2.75, 3.05) is 45.8 Å². The lowest BCUT2D eigenvalue weighted by Crippen LogP contribution is -2.55. The summed E-state index contributed by atoms with van der Waals surface area (Å²) in [5, 5.41) is 63.2. The third kappa shape index (κ3) is 17.9. The predicted octanol–water partition coefficient (Wildman–Crippen LogP) is 4.43. The van der Waals surface area contributed by atoms with E-state index in [1.165, 1.54) is 16.7 Å². The topological polar surface area (TPSA) is 179 Å². The SMILES string of the molecule is CCN[C@H](CN[C@H](CN[C@H](CN[C@H](CN[C@@H](CN[C@H](CN)Cc1ccc(O)cc1)[C@@H](C)O)Cc1ccccc1)Cc1ccccc1)Cc1ccc(O)cc1)Cc1ccc(O)cc1. The van der Waals surface area contributed by atoms with Crippen LogP contribution in [0.25, 0.3) is 0 Å². The summed E-state index contributed by atoms with van der Waals surface area (Å²) >= 11 is 0. The van der Waals surface area contributed by atoms with Crippen molar-refractivity contribution in [1.29, 1.82) is 0 Å². The zero-order chi connectivity index (χ0) is 43.9. The van der Waals surface area contributed by atoms with Crippen LogP contribution in [0.2, 0.25) is 0 Å². The second-order valence-corrected chi connectivity index (χ2v) is 16.7. The van der Waals surface area contributed by atoms with Crippen LogP contribution in [0.5, 0.6) is 17.2 Å². The average Bonchev–Trinajstić information content (AvgIpc) is 3.28. The lowest BCUT2D eigenvalue weighted by molar-refractivity contribution is 0.139. The zero-order valence-corrected chi connectivity index (χ0v) is 36.6. The number of nitrogens with two attached hydrogens (primary N) is 1. The Labute approximate surface area is 369 Å². The number of rotatable bonds is 29. The predicted molar refractivity (Wildman–Crippen MR) is 253 cm³/mol. The van der Waals surface area contributed by atoms with Gasteiger partial charge in [0.15, 0.2) is 0 Å². The fourth-order valence-electron chi connectivity index (χ4n) is 7.87. The minimum Gasteiger partial charge on any atom is -0.508 e. The van der Waals surface area contributed by atoms with Crippen LogP contribution >= 0.6 is 0 Å².